The number of hydrogen-bond donors (Lipinski definition) is 1. The average molecular weight is 367 g/mol. The van der Waals surface area contributed by atoms with Gasteiger partial charge in [-0.3, -0.25) is 4.79 Å². The maximum atomic E-state index is 12.1. The van der Waals surface area contributed by atoms with Crippen molar-refractivity contribution >= 4 is 23.7 Å². The number of aromatic nitrogens is 2. The third-order valence-electron chi connectivity index (χ3n) is 4.07. The number of aryl methyl sites for hydroxylation is 2. The van der Waals surface area contributed by atoms with Gasteiger partial charge >= 0.3 is 0 Å². The molecule has 0 saturated heterocycles. The second-order valence-corrected chi connectivity index (χ2v) is 6.50. The van der Waals surface area contributed by atoms with Crippen LogP contribution in [-0.4, -0.2) is 21.7 Å². The molecule has 0 aliphatic carbocycles. The molecule has 1 N–H and O–H groups in total. The third-order valence-corrected chi connectivity index (χ3v) is 4.32. The lowest BCUT2D eigenvalue weighted by atomic mass is 10.2. The zero-order chi connectivity index (χ0) is 18.7. The molecule has 1 aromatic carbocycles. The Labute approximate surface area is 157 Å². The fourth-order valence-corrected chi connectivity index (χ4v) is 2.82. The van der Waals surface area contributed by atoms with Crippen molar-refractivity contribution in [2.75, 3.05) is 0 Å². The monoisotopic (exact) mass is 366 g/mol. The first kappa shape index (κ1) is 17.9. The van der Waals surface area contributed by atoms with Crippen LogP contribution in [-0.2, 0) is 0 Å². The van der Waals surface area contributed by atoms with Crippen LogP contribution in [0.15, 0.2) is 53.8 Å². The Bertz CT molecular complexity index is 957. The van der Waals surface area contributed by atoms with Crippen molar-refractivity contribution in [1.29, 1.82) is 0 Å². The van der Waals surface area contributed by atoms with Gasteiger partial charge in [0.25, 0.3) is 5.91 Å². The summed E-state index contributed by atoms with van der Waals surface area (Å²) in [4.78, 5) is 16.6. The van der Waals surface area contributed by atoms with Gasteiger partial charge in [0.15, 0.2) is 0 Å². The van der Waals surface area contributed by atoms with E-state index in [1.807, 2.05) is 45.2 Å². The average Bonchev–Trinajstić information content (AvgIpc) is 2.90. The van der Waals surface area contributed by atoms with E-state index in [0.717, 1.165) is 28.3 Å². The number of hydrogen-bond acceptors (Lipinski definition) is 3. The normalized spacial score (nSPS) is 11.1. The van der Waals surface area contributed by atoms with Crippen LogP contribution in [0.4, 0.5) is 0 Å². The molecule has 0 aliphatic heterocycles. The zero-order valence-corrected chi connectivity index (χ0v) is 15.6. The number of halogens is 1. The molecule has 2 aromatic heterocycles. The minimum absolute atomic E-state index is 0.285. The van der Waals surface area contributed by atoms with Gasteiger partial charge in [0, 0.05) is 33.7 Å². The predicted octanol–water partition coefficient (Wildman–Crippen LogP) is 4.21. The minimum Gasteiger partial charge on any atom is -0.303 e. The maximum absolute atomic E-state index is 12.1. The standard InChI is InChI=1S/C20H19ClN4O/c1-13-4-9-19(22-11-13)25-14(2)10-17(15(25)3)12-23-24-20(26)16-5-7-18(21)8-6-16/h4-12H,1-3H3,(H,24,26)/b23-12-. The van der Waals surface area contributed by atoms with Gasteiger partial charge in [-0.25, -0.2) is 10.4 Å². The van der Waals surface area contributed by atoms with E-state index >= 15 is 0 Å². The van der Waals surface area contributed by atoms with Crippen LogP contribution in [0.2, 0.25) is 5.02 Å². The highest BCUT2D eigenvalue weighted by Crippen LogP contribution is 2.18. The van der Waals surface area contributed by atoms with Crippen LogP contribution in [0.1, 0.15) is 32.9 Å². The first-order chi connectivity index (χ1) is 12.5. The molecule has 5 nitrogen and oxygen atoms in total. The van der Waals surface area contributed by atoms with Gasteiger partial charge in [0.05, 0.1) is 6.21 Å². The molecule has 0 saturated carbocycles. The molecule has 0 aliphatic rings. The molecule has 1 amide bonds. The van der Waals surface area contributed by atoms with Gasteiger partial charge in [0.1, 0.15) is 5.82 Å². The zero-order valence-electron chi connectivity index (χ0n) is 14.8. The summed E-state index contributed by atoms with van der Waals surface area (Å²) in [5.41, 5.74) is 7.11. The SMILES string of the molecule is Cc1ccc(-n2c(C)cc(/C=N\NC(=O)c3ccc(Cl)cc3)c2C)nc1. The van der Waals surface area contributed by atoms with Crippen LogP contribution in [0.5, 0.6) is 0 Å². The Kier molecular flexibility index (Phi) is 5.19. The van der Waals surface area contributed by atoms with E-state index < -0.39 is 0 Å². The first-order valence-corrected chi connectivity index (χ1v) is 8.54. The van der Waals surface area contributed by atoms with E-state index in [-0.39, 0.29) is 5.91 Å². The highest BCUT2D eigenvalue weighted by atomic mass is 35.5. The number of carbonyl (C=O) groups is 1. The Balaban J connectivity index is 1.77. The van der Waals surface area contributed by atoms with Crippen molar-refractivity contribution in [2.24, 2.45) is 5.10 Å². The maximum Gasteiger partial charge on any atom is 0.271 e. The molecule has 3 rings (SSSR count). The number of nitrogens with zero attached hydrogens (tertiary/aromatic N) is 3. The third kappa shape index (κ3) is 3.83. The summed E-state index contributed by atoms with van der Waals surface area (Å²) in [6.45, 7) is 6.02. The number of amides is 1. The van der Waals surface area contributed by atoms with Gasteiger partial charge < -0.3 is 4.57 Å². The highest BCUT2D eigenvalue weighted by Gasteiger charge is 2.10. The van der Waals surface area contributed by atoms with Crippen molar-refractivity contribution in [3.8, 4) is 5.82 Å². The molecule has 6 heteroatoms. The fraction of sp³-hybridized carbons (Fsp3) is 0.150. The second kappa shape index (κ2) is 7.54. The Morgan fingerprint density at radius 2 is 1.88 bits per heavy atom. The number of nitrogens with one attached hydrogen (secondary N) is 1. The number of hydrazone groups is 1. The van der Waals surface area contributed by atoms with E-state index in [1.165, 1.54) is 0 Å². The second-order valence-electron chi connectivity index (χ2n) is 6.06. The summed E-state index contributed by atoms with van der Waals surface area (Å²) < 4.78 is 2.06. The number of benzene rings is 1. The van der Waals surface area contributed by atoms with Gasteiger partial charge in [-0.15, -0.1) is 0 Å². The quantitative estimate of drug-likeness (QED) is 0.555. The Hall–Kier alpha value is -2.92. The molecule has 3 aromatic rings. The van der Waals surface area contributed by atoms with Crippen molar-refractivity contribution in [1.82, 2.24) is 15.0 Å². The lowest BCUT2D eigenvalue weighted by Crippen LogP contribution is -2.17. The van der Waals surface area contributed by atoms with Crippen LogP contribution >= 0.6 is 11.6 Å². The summed E-state index contributed by atoms with van der Waals surface area (Å²) in [6, 6.07) is 12.7. The lowest BCUT2D eigenvalue weighted by Gasteiger charge is -2.08. The summed E-state index contributed by atoms with van der Waals surface area (Å²) in [5, 5.41) is 4.66. The van der Waals surface area contributed by atoms with Gasteiger partial charge in [0.2, 0.25) is 0 Å². The molecule has 0 bridgehead atoms. The van der Waals surface area contributed by atoms with E-state index in [0.29, 0.717) is 10.6 Å². The predicted molar refractivity (Wildman–Crippen MR) is 104 cm³/mol. The largest absolute Gasteiger partial charge is 0.303 e. The molecule has 0 unspecified atom stereocenters. The first-order valence-electron chi connectivity index (χ1n) is 8.16. The summed E-state index contributed by atoms with van der Waals surface area (Å²) >= 11 is 5.83. The fourth-order valence-electron chi connectivity index (χ4n) is 2.69. The molecule has 0 radical (unpaired) electrons. The number of pyridine rings is 1. The molecule has 0 spiro atoms. The minimum atomic E-state index is -0.285. The van der Waals surface area contributed by atoms with Crippen LogP contribution in [0.3, 0.4) is 0 Å². The lowest BCUT2D eigenvalue weighted by molar-refractivity contribution is 0.0955. The van der Waals surface area contributed by atoms with Crippen LogP contribution in [0.25, 0.3) is 5.82 Å². The van der Waals surface area contributed by atoms with Gasteiger partial charge in [-0.1, -0.05) is 17.7 Å². The molecular formula is C20H19ClN4O. The molecule has 0 fully saturated rings. The van der Waals surface area contributed by atoms with Gasteiger partial charge in [-0.05, 0) is 62.7 Å². The highest BCUT2D eigenvalue weighted by molar-refractivity contribution is 6.30. The Morgan fingerprint density at radius 1 is 1.15 bits per heavy atom. The molecule has 132 valence electrons. The molecule has 26 heavy (non-hydrogen) atoms. The van der Waals surface area contributed by atoms with E-state index in [2.05, 4.69) is 20.1 Å². The molecular weight excluding hydrogens is 348 g/mol. The van der Waals surface area contributed by atoms with Gasteiger partial charge in [-0.2, -0.15) is 5.10 Å². The molecule has 0 atom stereocenters. The number of rotatable bonds is 4. The van der Waals surface area contributed by atoms with E-state index in [4.69, 9.17) is 11.6 Å². The van der Waals surface area contributed by atoms with Crippen LogP contribution in [0, 0.1) is 20.8 Å². The van der Waals surface area contributed by atoms with Crippen molar-refractivity contribution < 1.29 is 4.79 Å². The van der Waals surface area contributed by atoms with Crippen molar-refractivity contribution in [3.05, 3.63) is 81.8 Å². The van der Waals surface area contributed by atoms with E-state index in [1.54, 1.807) is 30.5 Å². The van der Waals surface area contributed by atoms with E-state index in [9.17, 15) is 4.79 Å². The molecule has 2 heterocycles. The smallest absolute Gasteiger partial charge is 0.271 e. The van der Waals surface area contributed by atoms with Crippen LogP contribution < -0.4 is 5.43 Å². The van der Waals surface area contributed by atoms with Crippen molar-refractivity contribution in [3.63, 3.8) is 0 Å². The van der Waals surface area contributed by atoms with Crippen molar-refractivity contribution in [2.45, 2.75) is 20.8 Å². The summed E-state index contributed by atoms with van der Waals surface area (Å²) in [7, 11) is 0. The summed E-state index contributed by atoms with van der Waals surface area (Å²) in [6.07, 6.45) is 3.48. The topological polar surface area (TPSA) is 59.3 Å². The summed E-state index contributed by atoms with van der Waals surface area (Å²) in [5.74, 6) is 0.572. The Morgan fingerprint density at radius 3 is 2.54 bits per heavy atom. The number of carbonyl (C=O) groups excluding carboxylic acids is 1.